The van der Waals surface area contributed by atoms with Crippen molar-refractivity contribution in [3.8, 4) is 0 Å². The maximum Gasteiger partial charge on any atom is 0.328 e. The van der Waals surface area contributed by atoms with E-state index in [4.69, 9.17) is 10.2 Å². The minimum atomic E-state index is -1.26. The number of hydrogen-bond donors (Lipinski definition) is 2. The lowest BCUT2D eigenvalue weighted by Gasteiger charge is -2.32. The Balaban J connectivity index is 0.000000366. The lowest BCUT2D eigenvalue weighted by molar-refractivity contribution is -0.134. The number of carbonyl (C=O) groups is 3. The zero-order valence-corrected chi connectivity index (χ0v) is 18.3. The molecule has 0 unspecified atom stereocenters. The van der Waals surface area contributed by atoms with Crippen LogP contribution in [-0.4, -0.2) is 71.1 Å². The molecule has 164 valence electrons. The van der Waals surface area contributed by atoms with Crippen molar-refractivity contribution in [3.05, 3.63) is 71.8 Å². The van der Waals surface area contributed by atoms with Gasteiger partial charge in [-0.15, -0.1) is 0 Å². The number of aliphatic carboxylic acids is 2. The highest BCUT2D eigenvalue weighted by Gasteiger charge is 2.22. The molecule has 1 aliphatic heterocycles. The molecule has 0 spiro atoms. The van der Waals surface area contributed by atoms with Crippen molar-refractivity contribution in [2.75, 3.05) is 33.2 Å². The van der Waals surface area contributed by atoms with E-state index in [0.717, 1.165) is 41.5 Å². The van der Waals surface area contributed by atoms with Crippen LogP contribution in [0.25, 0.3) is 0 Å². The van der Waals surface area contributed by atoms with E-state index in [1.807, 2.05) is 29.2 Å². The highest BCUT2D eigenvalue weighted by Crippen LogP contribution is 2.31. The summed E-state index contributed by atoms with van der Waals surface area (Å²) in [5.41, 5.74) is 2.05. The van der Waals surface area contributed by atoms with E-state index in [2.05, 4.69) is 43.1 Å². The summed E-state index contributed by atoms with van der Waals surface area (Å²) in [6.45, 7) is 5.58. The van der Waals surface area contributed by atoms with Crippen LogP contribution in [0.3, 0.4) is 0 Å². The lowest BCUT2D eigenvalue weighted by Crippen LogP contribution is -2.47. The van der Waals surface area contributed by atoms with Gasteiger partial charge in [-0.25, -0.2) is 9.59 Å². The van der Waals surface area contributed by atoms with Gasteiger partial charge < -0.3 is 20.0 Å². The zero-order valence-electron chi connectivity index (χ0n) is 17.5. The van der Waals surface area contributed by atoms with Gasteiger partial charge in [-0.05, 0) is 38.2 Å². The first-order valence-corrected chi connectivity index (χ1v) is 10.5. The maximum absolute atomic E-state index is 12.9. The molecular formula is C23H26N2O5S. The molecule has 1 fully saturated rings. The van der Waals surface area contributed by atoms with Crippen molar-refractivity contribution >= 4 is 29.6 Å². The Morgan fingerprint density at radius 3 is 1.97 bits per heavy atom. The summed E-state index contributed by atoms with van der Waals surface area (Å²) < 4.78 is 0. The van der Waals surface area contributed by atoms with Gasteiger partial charge in [0.1, 0.15) is 0 Å². The van der Waals surface area contributed by atoms with Crippen molar-refractivity contribution in [3.63, 3.8) is 0 Å². The fourth-order valence-corrected chi connectivity index (χ4v) is 3.73. The largest absolute Gasteiger partial charge is 0.478 e. The van der Waals surface area contributed by atoms with Crippen LogP contribution in [0.2, 0.25) is 0 Å². The van der Waals surface area contributed by atoms with Crippen LogP contribution >= 0.6 is 11.8 Å². The molecule has 0 aromatic heterocycles. The molecule has 0 bridgehead atoms. The highest BCUT2D eigenvalue weighted by molar-refractivity contribution is 7.99. The molecule has 3 rings (SSSR count). The Morgan fingerprint density at radius 2 is 1.42 bits per heavy atom. The average molecular weight is 443 g/mol. The molecule has 31 heavy (non-hydrogen) atoms. The quantitative estimate of drug-likeness (QED) is 0.686. The number of carbonyl (C=O) groups excluding carboxylic acids is 1. The molecule has 1 saturated heterocycles. The summed E-state index contributed by atoms with van der Waals surface area (Å²) in [4.78, 5) is 38.4. The molecule has 2 aromatic carbocycles. The Morgan fingerprint density at radius 1 is 0.871 bits per heavy atom. The molecule has 0 atom stereocenters. The van der Waals surface area contributed by atoms with E-state index in [1.165, 1.54) is 5.56 Å². The Labute approximate surface area is 186 Å². The van der Waals surface area contributed by atoms with Gasteiger partial charge in [0.05, 0.1) is 5.56 Å². The van der Waals surface area contributed by atoms with Gasteiger partial charge in [0.15, 0.2) is 0 Å². The number of piperazine rings is 1. The summed E-state index contributed by atoms with van der Waals surface area (Å²) in [7, 11) is 2.10. The fourth-order valence-electron chi connectivity index (χ4n) is 2.79. The third kappa shape index (κ3) is 8.27. The third-order valence-electron chi connectivity index (χ3n) is 4.53. The van der Waals surface area contributed by atoms with Gasteiger partial charge in [-0.2, -0.15) is 0 Å². The zero-order chi connectivity index (χ0) is 22.8. The smallest absolute Gasteiger partial charge is 0.328 e. The second kappa shape index (κ2) is 11.9. The molecule has 0 aliphatic carbocycles. The molecule has 2 aromatic rings. The van der Waals surface area contributed by atoms with Crippen LogP contribution in [0.4, 0.5) is 0 Å². The Kier molecular flexibility index (Phi) is 9.30. The monoisotopic (exact) mass is 442 g/mol. The van der Waals surface area contributed by atoms with Gasteiger partial charge in [0, 0.05) is 48.1 Å². The first kappa shape index (κ1) is 24.2. The van der Waals surface area contributed by atoms with E-state index in [0.29, 0.717) is 12.2 Å². The van der Waals surface area contributed by atoms with Crippen molar-refractivity contribution in [2.45, 2.75) is 16.7 Å². The van der Waals surface area contributed by atoms with Gasteiger partial charge >= 0.3 is 11.9 Å². The first-order chi connectivity index (χ1) is 14.8. The Hall–Kier alpha value is -3.10. The molecule has 1 aliphatic rings. The van der Waals surface area contributed by atoms with Gasteiger partial charge in [0.2, 0.25) is 0 Å². The first-order valence-electron chi connectivity index (χ1n) is 9.71. The minimum Gasteiger partial charge on any atom is -0.478 e. The fraction of sp³-hybridized carbons (Fsp3) is 0.261. The van der Waals surface area contributed by atoms with E-state index in [1.54, 1.807) is 11.8 Å². The predicted octanol–water partition coefficient (Wildman–Crippen LogP) is 3.25. The van der Waals surface area contributed by atoms with E-state index < -0.39 is 11.9 Å². The van der Waals surface area contributed by atoms with Crippen LogP contribution in [-0.2, 0) is 9.59 Å². The van der Waals surface area contributed by atoms with Crippen molar-refractivity contribution in [1.29, 1.82) is 0 Å². The number of nitrogens with zero attached hydrogens (tertiary/aromatic N) is 2. The van der Waals surface area contributed by atoms with Crippen LogP contribution < -0.4 is 0 Å². The average Bonchev–Trinajstić information content (AvgIpc) is 2.75. The van der Waals surface area contributed by atoms with Crippen LogP contribution in [0, 0.1) is 6.92 Å². The molecule has 2 N–H and O–H groups in total. The molecule has 0 radical (unpaired) electrons. The Bertz CT molecular complexity index is 919. The number of likely N-dealkylation sites (N-methyl/N-ethyl adjacent to an activating group) is 1. The SMILES string of the molecule is Cc1ccc(Sc2ccccc2C(=O)N2CCN(C)CC2)cc1.O=C(O)/C=C\C(=O)O. The minimum absolute atomic E-state index is 0.147. The van der Waals surface area contributed by atoms with Gasteiger partial charge in [-0.1, -0.05) is 41.6 Å². The van der Waals surface area contributed by atoms with Crippen LogP contribution in [0.15, 0.2) is 70.5 Å². The summed E-state index contributed by atoms with van der Waals surface area (Å²) >= 11 is 1.66. The van der Waals surface area contributed by atoms with Crippen molar-refractivity contribution < 1.29 is 24.6 Å². The van der Waals surface area contributed by atoms with Gasteiger partial charge in [-0.3, -0.25) is 4.79 Å². The normalized spacial score (nSPS) is 14.1. The van der Waals surface area contributed by atoms with Crippen LogP contribution in [0.5, 0.6) is 0 Å². The van der Waals surface area contributed by atoms with Crippen LogP contribution in [0.1, 0.15) is 15.9 Å². The van der Waals surface area contributed by atoms with Crippen molar-refractivity contribution in [2.24, 2.45) is 0 Å². The molecular weight excluding hydrogens is 416 g/mol. The highest BCUT2D eigenvalue weighted by atomic mass is 32.2. The standard InChI is InChI=1S/C19H22N2OS.C4H4O4/c1-15-7-9-16(10-8-15)23-18-6-4-3-5-17(18)19(22)21-13-11-20(2)12-14-21;5-3(6)1-2-4(7)8/h3-10H,11-14H2,1-2H3;1-2H,(H,5,6)(H,7,8)/b;2-1-. The number of carboxylic acids is 2. The molecule has 8 heteroatoms. The number of aryl methyl sites for hydroxylation is 1. The second-order valence-corrected chi connectivity index (χ2v) is 8.13. The molecule has 1 amide bonds. The summed E-state index contributed by atoms with van der Waals surface area (Å²) in [6, 6.07) is 16.3. The van der Waals surface area contributed by atoms with E-state index in [9.17, 15) is 14.4 Å². The lowest BCUT2D eigenvalue weighted by atomic mass is 10.2. The third-order valence-corrected chi connectivity index (χ3v) is 5.61. The number of rotatable bonds is 5. The molecule has 0 saturated carbocycles. The second-order valence-electron chi connectivity index (χ2n) is 7.02. The summed E-state index contributed by atoms with van der Waals surface area (Å²) in [5, 5.41) is 15.6. The number of amides is 1. The number of hydrogen-bond acceptors (Lipinski definition) is 5. The maximum atomic E-state index is 12.9. The van der Waals surface area contributed by atoms with E-state index >= 15 is 0 Å². The molecule has 1 heterocycles. The summed E-state index contributed by atoms with van der Waals surface area (Å²) in [6.07, 6.45) is 1.12. The van der Waals surface area contributed by atoms with Crippen molar-refractivity contribution in [1.82, 2.24) is 9.80 Å². The molecule has 7 nitrogen and oxygen atoms in total. The summed E-state index contributed by atoms with van der Waals surface area (Å²) in [5.74, 6) is -2.37. The topological polar surface area (TPSA) is 98.2 Å². The number of carboxylic acid groups (broad SMARTS) is 2. The number of benzene rings is 2. The van der Waals surface area contributed by atoms with Gasteiger partial charge in [0.25, 0.3) is 5.91 Å². The van der Waals surface area contributed by atoms with E-state index in [-0.39, 0.29) is 5.91 Å². The predicted molar refractivity (Wildman–Crippen MR) is 120 cm³/mol.